The molecule has 0 aromatic carbocycles. The summed E-state index contributed by atoms with van der Waals surface area (Å²) in [6, 6.07) is 1.59. The zero-order valence-corrected chi connectivity index (χ0v) is 11.8. The minimum atomic E-state index is -0.282. The van der Waals surface area contributed by atoms with Gasteiger partial charge in [-0.2, -0.15) is 0 Å². The highest BCUT2D eigenvalue weighted by Gasteiger charge is 2.06. The van der Waals surface area contributed by atoms with Crippen LogP contribution in [0.1, 0.15) is 10.5 Å². The van der Waals surface area contributed by atoms with Gasteiger partial charge in [0.15, 0.2) is 0 Å². The number of pyridine rings is 1. The molecule has 104 valence electrons. The van der Waals surface area contributed by atoms with Crippen LogP contribution in [-0.4, -0.2) is 33.9 Å². The van der Waals surface area contributed by atoms with Gasteiger partial charge >= 0.3 is 0 Å². The van der Waals surface area contributed by atoms with Crippen LogP contribution in [-0.2, 0) is 0 Å². The first-order chi connectivity index (χ1) is 9.66. The minimum absolute atomic E-state index is 0.273. The fraction of sp³-hybridized carbons (Fsp3) is 0.167. The molecule has 2 N–H and O–H groups in total. The van der Waals surface area contributed by atoms with Crippen LogP contribution in [0.2, 0.25) is 10.0 Å². The summed E-state index contributed by atoms with van der Waals surface area (Å²) in [5.41, 5.74) is 0.273. The lowest BCUT2D eigenvalue weighted by Crippen LogP contribution is -2.29. The van der Waals surface area contributed by atoms with Gasteiger partial charge in [0.2, 0.25) is 0 Å². The topological polar surface area (TPSA) is 79.8 Å². The van der Waals surface area contributed by atoms with Crippen LogP contribution in [0.4, 0.5) is 5.82 Å². The van der Waals surface area contributed by atoms with Crippen molar-refractivity contribution in [2.45, 2.75) is 0 Å². The maximum atomic E-state index is 11.7. The molecule has 0 saturated carbocycles. The standard InChI is InChI=1S/C12H11Cl2N5O/c13-8-5-9(14)11(19-6-8)17-3-4-18-12(20)10-7-15-1-2-16-10/h1-2,5-7H,3-4H2,(H,17,19)(H,18,20). The second kappa shape index (κ2) is 7.02. The average Bonchev–Trinajstić information content (AvgIpc) is 2.46. The van der Waals surface area contributed by atoms with E-state index in [-0.39, 0.29) is 11.6 Å². The molecule has 0 aliphatic heterocycles. The van der Waals surface area contributed by atoms with E-state index in [0.717, 1.165) is 0 Å². The van der Waals surface area contributed by atoms with Crippen LogP contribution in [0.3, 0.4) is 0 Å². The van der Waals surface area contributed by atoms with Crippen molar-refractivity contribution >= 4 is 34.9 Å². The number of nitrogens with zero attached hydrogens (tertiary/aromatic N) is 3. The third kappa shape index (κ3) is 4.04. The van der Waals surface area contributed by atoms with Gasteiger partial charge in [-0.25, -0.2) is 9.97 Å². The van der Waals surface area contributed by atoms with Crippen LogP contribution in [0.5, 0.6) is 0 Å². The lowest BCUT2D eigenvalue weighted by atomic mass is 10.4. The van der Waals surface area contributed by atoms with Crippen molar-refractivity contribution < 1.29 is 4.79 Å². The average molecular weight is 312 g/mol. The highest BCUT2D eigenvalue weighted by Crippen LogP contribution is 2.21. The number of amides is 1. The van der Waals surface area contributed by atoms with E-state index >= 15 is 0 Å². The number of hydrogen-bond acceptors (Lipinski definition) is 5. The van der Waals surface area contributed by atoms with Crippen molar-refractivity contribution in [2.24, 2.45) is 0 Å². The van der Waals surface area contributed by atoms with Crippen molar-refractivity contribution in [2.75, 3.05) is 18.4 Å². The highest BCUT2D eigenvalue weighted by molar-refractivity contribution is 6.35. The number of carbonyl (C=O) groups excluding carboxylic acids is 1. The van der Waals surface area contributed by atoms with E-state index in [0.29, 0.717) is 29.0 Å². The van der Waals surface area contributed by atoms with Crippen molar-refractivity contribution in [3.05, 3.63) is 46.6 Å². The molecular weight excluding hydrogens is 301 g/mol. The van der Waals surface area contributed by atoms with E-state index in [1.54, 1.807) is 6.07 Å². The third-order valence-electron chi connectivity index (χ3n) is 2.31. The lowest BCUT2D eigenvalue weighted by molar-refractivity contribution is 0.0950. The van der Waals surface area contributed by atoms with Gasteiger partial charge in [0.25, 0.3) is 5.91 Å². The predicted molar refractivity (Wildman–Crippen MR) is 77.1 cm³/mol. The number of anilines is 1. The van der Waals surface area contributed by atoms with Gasteiger partial charge in [-0.05, 0) is 6.07 Å². The molecule has 0 spiro atoms. The Hall–Kier alpha value is -1.92. The van der Waals surface area contributed by atoms with Crippen LogP contribution >= 0.6 is 23.2 Å². The molecule has 2 aromatic rings. The number of halogens is 2. The molecule has 0 fully saturated rings. The Morgan fingerprint density at radius 2 is 2.00 bits per heavy atom. The van der Waals surface area contributed by atoms with Gasteiger partial charge in [0.05, 0.1) is 16.2 Å². The summed E-state index contributed by atoms with van der Waals surface area (Å²) in [5.74, 6) is 0.236. The van der Waals surface area contributed by atoms with Gasteiger partial charge in [-0.1, -0.05) is 23.2 Å². The molecule has 1 amide bonds. The first-order valence-corrected chi connectivity index (χ1v) is 6.51. The van der Waals surface area contributed by atoms with Gasteiger partial charge in [0, 0.05) is 31.7 Å². The molecule has 0 unspecified atom stereocenters. The zero-order valence-electron chi connectivity index (χ0n) is 10.3. The molecule has 0 radical (unpaired) electrons. The summed E-state index contributed by atoms with van der Waals surface area (Å²) in [5, 5.41) is 6.59. The van der Waals surface area contributed by atoms with Crippen molar-refractivity contribution in [3.63, 3.8) is 0 Å². The normalized spacial score (nSPS) is 10.1. The smallest absolute Gasteiger partial charge is 0.271 e. The Labute approximate surface area is 125 Å². The van der Waals surface area contributed by atoms with E-state index in [9.17, 15) is 4.79 Å². The predicted octanol–water partition coefficient (Wildman–Crippen LogP) is 2.02. The molecular formula is C12H11Cl2N5O. The van der Waals surface area contributed by atoms with E-state index in [1.807, 2.05) is 0 Å². The maximum absolute atomic E-state index is 11.7. The van der Waals surface area contributed by atoms with Gasteiger partial charge < -0.3 is 10.6 Å². The largest absolute Gasteiger partial charge is 0.367 e. The zero-order chi connectivity index (χ0) is 14.4. The Bertz CT molecular complexity index is 594. The summed E-state index contributed by atoms with van der Waals surface area (Å²) >= 11 is 11.7. The molecule has 0 atom stereocenters. The molecule has 2 heterocycles. The fourth-order valence-electron chi connectivity index (χ4n) is 1.41. The molecule has 0 saturated heterocycles. The molecule has 20 heavy (non-hydrogen) atoms. The molecule has 2 rings (SSSR count). The molecule has 0 bridgehead atoms. The van der Waals surface area contributed by atoms with Crippen LogP contribution < -0.4 is 10.6 Å². The second-order valence-corrected chi connectivity index (χ2v) is 4.60. The van der Waals surface area contributed by atoms with Crippen molar-refractivity contribution in [1.29, 1.82) is 0 Å². The lowest BCUT2D eigenvalue weighted by Gasteiger charge is -2.08. The minimum Gasteiger partial charge on any atom is -0.367 e. The van der Waals surface area contributed by atoms with E-state index in [1.165, 1.54) is 24.8 Å². The molecule has 8 heteroatoms. The second-order valence-electron chi connectivity index (χ2n) is 3.76. The molecule has 6 nitrogen and oxygen atoms in total. The Balaban J connectivity index is 1.78. The Morgan fingerprint density at radius 3 is 2.70 bits per heavy atom. The SMILES string of the molecule is O=C(NCCNc1ncc(Cl)cc1Cl)c1cnccn1. The quantitative estimate of drug-likeness (QED) is 0.826. The number of nitrogens with one attached hydrogen (secondary N) is 2. The number of rotatable bonds is 5. The van der Waals surface area contributed by atoms with Crippen molar-refractivity contribution in [3.8, 4) is 0 Å². The monoisotopic (exact) mass is 311 g/mol. The summed E-state index contributed by atoms with van der Waals surface area (Å²) < 4.78 is 0. The van der Waals surface area contributed by atoms with E-state index < -0.39 is 0 Å². The van der Waals surface area contributed by atoms with Gasteiger partial charge in [-0.15, -0.1) is 0 Å². The Morgan fingerprint density at radius 1 is 1.15 bits per heavy atom. The first-order valence-electron chi connectivity index (χ1n) is 5.76. The number of hydrogen-bond donors (Lipinski definition) is 2. The molecule has 0 aliphatic rings. The number of aromatic nitrogens is 3. The molecule has 0 aliphatic carbocycles. The van der Waals surface area contributed by atoms with Crippen LogP contribution in [0.15, 0.2) is 30.9 Å². The number of carbonyl (C=O) groups is 1. The highest BCUT2D eigenvalue weighted by atomic mass is 35.5. The van der Waals surface area contributed by atoms with Crippen molar-refractivity contribution in [1.82, 2.24) is 20.3 Å². The summed E-state index contributed by atoms with van der Waals surface area (Å²) in [6.07, 6.45) is 5.87. The Kier molecular flexibility index (Phi) is 5.09. The summed E-state index contributed by atoms with van der Waals surface area (Å²) in [4.78, 5) is 23.4. The van der Waals surface area contributed by atoms with Gasteiger partial charge in [-0.3, -0.25) is 9.78 Å². The molecule has 2 aromatic heterocycles. The van der Waals surface area contributed by atoms with Crippen LogP contribution in [0.25, 0.3) is 0 Å². The van der Waals surface area contributed by atoms with E-state index in [4.69, 9.17) is 23.2 Å². The summed E-state index contributed by atoms with van der Waals surface area (Å²) in [6.45, 7) is 0.871. The first kappa shape index (κ1) is 14.5. The van der Waals surface area contributed by atoms with Crippen LogP contribution in [0, 0.1) is 0 Å². The summed E-state index contributed by atoms with van der Waals surface area (Å²) in [7, 11) is 0. The fourth-order valence-corrected chi connectivity index (χ4v) is 1.86. The maximum Gasteiger partial charge on any atom is 0.271 e. The van der Waals surface area contributed by atoms with Gasteiger partial charge in [0.1, 0.15) is 11.5 Å². The van der Waals surface area contributed by atoms with E-state index in [2.05, 4.69) is 25.6 Å². The third-order valence-corrected chi connectivity index (χ3v) is 2.80.